The number of aromatic nitrogens is 2. The van der Waals surface area contributed by atoms with Crippen molar-refractivity contribution in [3.63, 3.8) is 0 Å². The SMILES string of the molecule is Cc1cc2nonc2c(N=O)c1O. The predicted molar refractivity (Wildman–Crippen MR) is 43.7 cm³/mol. The minimum Gasteiger partial charge on any atom is -0.505 e. The zero-order chi connectivity index (χ0) is 9.42. The van der Waals surface area contributed by atoms with E-state index in [-0.39, 0.29) is 17.0 Å². The molecule has 0 bridgehead atoms. The average molecular weight is 179 g/mol. The third-order valence-electron chi connectivity index (χ3n) is 1.78. The van der Waals surface area contributed by atoms with Crippen molar-refractivity contribution in [2.45, 2.75) is 6.92 Å². The highest BCUT2D eigenvalue weighted by Crippen LogP contribution is 2.35. The number of aryl methyl sites for hydroxylation is 1. The Morgan fingerprint density at radius 1 is 1.54 bits per heavy atom. The zero-order valence-electron chi connectivity index (χ0n) is 6.68. The van der Waals surface area contributed by atoms with Gasteiger partial charge in [0.1, 0.15) is 11.3 Å². The second kappa shape index (κ2) is 2.51. The molecule has 0 fully saturated rings. The number of hydrogen-bond donors (Lipinski definition) is 1. The predicted octanol–water partition coefficient (Wildman–Crippen LogP) is 1.63. The van der Waals surface area contributed by atoms with Gasteiger partial charge in [-0.2, -0.15) is 0 Å². The van der Waals surface area contributed by atoms with Gasteiger partial charge in [0.2, 0.25) is 0 Å². The van der Waals surface area contributed by atoms with Crippen molar-refractivity contribution in [2.75, 3.05) is 0 Å². The van der Waals surface area contributed by atoms with Gasteiger partial charge in [-0.1, -0.05) is 0 Å². The van der Waals surface area contributed by atoms with E-state index in [9.17, 15) is 10.0 Å². The molecule has 0 radical (unpaired) electrons. The van der Waals surface area contributed by atoms with Gasteiger partial charge in [0, 0.05) is 0 Å². The molecule has 0 spiro atoms. The number of fused-ring (bicyclic) bond motifs is 1. The Morgan fingerprint density at radius 3 is 3.00 bits per heavy atom. The summed E-state index contributed by atoms with van der Waals surface area (Å²) < 4.78 is 4.41. The molecule has 66 valence electrons. The Morgan fingerprint density at radius 2 is 2.31 bits per heavy atom. The normalized spacial score (nSPS) is 10.5. The molecule has 6 heteroatoms. The Balaban J connectivity index is 2.95. The van der Waals surface area contributed by atoms with Gasteiger partial charge >= 0.3 is 0 Å². The average Bonchev–Trinajstić information content (AvgIpc) is 2.54. The molecule has 1 aromatic heterocycles. The number of phenols is 1. The smallest absolute Gasteiger partial charge is 0.181 e. The van der Waals surface area contributed by atoms with Crippen molar-refractivity contribution in [1.29, 1.82) is 0 Å². The van der Waals surface area contributed by atoms with Gasteiger partial charge in [0.05, 0.1) is 0 Å². The summed E-state index contributed by atoms with van der Waals surface area (Å²) in [6, 6.07) is 1.57. The highest BCUT2D eigenvalue weighted by atomic mass is 16.6. The molecule has 6 nitrogen and oxygen atoms in total. The van der Waals surface area contributed by atoms with Crippen molar-refractivity contribution in [3.05, 3.63) is 16.5 Å². The summed E-state index contributed by atoms with van der Waals surface area (Å²) in [7, 11) is 0. The number of phenolic OH excluding ortho intramolecular Hbond substituents is 1. The quantitative estimate of drug-likeness (QED) is 0.672. The molecule has 0 amide bonds. The van der Waals surface area contributed by atoms with Gasteiger partial charge in [0.25, 0.3) is 0 Å². The van der Waals surface area contributed by atoms with E-state index in [1.165, 1.54) is 0 Å². The number of nitroso groups, excluding NO2 is 1. The van der Waals surface area contributed by atoms with Crippen molar-refractivity contribution < 1.29 is 9.74 Å². The third-order valence-corrected chi connectivity index (χ3v) is 1.78. The van der Waals surface area contributed by atoms with Crippen LogP contribution in [0.2, 0.25) is 0 Å². The van der Waals surface area contributed by atoms with Crippen LogP contribution in [0, 0.1) is 11.8 Å². The summed E-state index contributed by atoms with van der Waals surface area (Å²) in [4.78, 5) is 10.4. The number of hydrogen-bond acceptors (Lipinski definition) is 6. The maximum absolute atomic E-state index is 10.4. The molecule has 2 rings (SSSR count). The molecule has 0 atom stereocenters. The molecule has 2 aromatic rings. The van der Waals surface area contributed by atoms with Gasteiger partial charge in [-0.3, -0.25) is 0 Å². The van der Waals surface area contributed by atoms with Crippen LogP contribution in [0.1, 0.15) is 5.56 Å². The largest absolute Gasteiger partial charge is 0.505 e. The summed E-state index contributed by atoms with van der Waals surface area (Å²) >= 11 is 0. The van der Waals surface area contributed by atoms with Crippen LogP contribution < -0.4 is 0 Å². The number of aromatic hydroxyl groups is 1. The van der Waals surface area contributed by atoms with Crippen LogP contribution >= 0.6 is 0 Å². The lowest BCUT2D eigenvalue weighted by Gasteiger charge is -1.98. The fourth-order valence-electron chi connectivity index (χ4n) is 1.11. The fourth-order valence-corrected chi connectivity index (χ4v) is 1.11. The zero-order valence-corrected chi connectivity index (χ0v) is 6.68. The molecular formula is C7H5N3O3. The molecule has 0 saturated carbocycles. The first-order valence-electron chi connectivity index (χ1n) is 3.52. The number of rotatable bonds is 1. The minimum atomic E-state index is -0.182. The van der Waals surface area contributed by atoms with Gasteiger partial charge < -0.3 is 5.11 Å². The lowest BCUT2D eigenvalue weighted by atomic mass is 10.1. The highest BCUT2D eigenvalue weighted by molar-refractivity contribution is 5.90. The van der Waals surface area contributed by atoms with Crippen molar-refractivity contribution in [1.82, 2.24) is 10.3 Å². The molecule has 0 unspecified atom stereocenters. The highest BCUT2D eigenvalue weighted by Gasteiger charge is 2.14. The van der Waals surface area contributed by atoms with Crippen molar-refractivity contribution in [3.8, 4) is 5.75 Å². The van der Waals surface area contributed by atoms with Crippen LogP contribution in [0.5, 0.6) is 5.75 Å². The monoisotopic (exact) mass is 179 g/mol. The van der Waals surface area contributed by atoms with Gasteiger partial charge in [-0.05, 0) is 34.0 Å². The molecule has 1 aromatic carbocycles. The molecule has 0 aliphatic carbocycles. The van der Waals surface area contributed by atoms with Crippen molar-refractivity contribution >= 4 is 16.7 Å². The van der Waals surface area contributed by atoms with Gasteiger partial charge in [0.15, 0.2) is 11.2 Å². The van der Waals surface area contributed by atoms with Gasteiger partial charge in [-0.25, -0.2) is 4.63 Å². The lowest BCUT2D eigenvalue weighted by Crippen LogP contribution is -1.78. The molecule has 0 aliphatic heterocycles. The summed E-state index contributed by atoms with van der Waals surface area (Å²) in [6.45, 7) is 1.64. The fraction of sp³-hybridized carbons (Fsp3) is 0.143. The summed E-state index contributed by atoms with van der Waals surface area (Å²) in [6.07, 6.45) is 0. The van der Waals surface area contributed by atoms with Gasteiger partial charge in [-0.15, -0.1) is 4.91 Å². The molecule has 1 N–H and O–H groups in total. The van der Waals surface area contributed by atoms with E-state index >= 15 is 0 Å². The van der Waals surface area contributed by atoms with E-state index in [1.807, 2.05) is 0 Å². The standard InChI is InChI=1S/C7H5N3O3/c1-3-2-4-5(10-13-9-4)6(8-12)7(3)11/h2,11H,1H3. The summed E-state index contributed by atoms with van der Waals surface area (Å²) in [5, 5.41) is 19.1. The Labute approximate surface area is 72.1 Å². The molecule has 0 saturated heterocycles. The number of benzene rings is 1. The summed E-state index contributed by atoms with van der Waals surface area (Å²) in [5.74, 6) is -0.182. The summed E-state index contributed by atoms with van der Waals surface area (Å²) in [5.41, 5.74) is 0.969. The van der Waals surface area contributed by atoms with Crippen LogP contribution in [0.3, 0.4) is 0 Å². The van der Waals surface area contributed by atoms with E-state index in [4.69, 9.17) is 0 Å². The first-order chi connectivity index (χ1) is 6.24. The van der Waals surface area contributed by atoms with E-state index in [1.54, 1.807) is 13.0 Å². The Hall–Kier alpha value is -1.98. The van der Waals surface area contributed by atoms with Crippen molar-refractivity contribution in [2.24, 2.45) is 5.18 Å². The number of nitrogens with zero attached hydrogens (tertiary/aromatic N) is 3. The Bertz CT molecular complexity index is 477. The lowest BCUT2D eigenvalue weighted by molar-refractivity contribution is 0.315. The van der Waals surface area contributed by atoms with Crippen LogP contribution in [0.15, 0.2) is 15.9 Å². The van der Waals surface area contributed by atoms with Crippen LogP contribution in [0.25, 0.3) is 11.0 Å². The first-order valence-corrected chi connectivity index (χ1v) is 3.52. The first kappa shape index (κ1) is 7.66. The molecule has 1 heterocycles. The van der Waals surface area contributed by atoms with E-state index in [0.717, 1.165) is 0 Å². The van der Waals surface area contributed by atoms with E-state index in [2.05, 4.69) is 20.1 Å². The minimum absolute atomic E-state index is 0.128. The topological polar surface area (TPSA) is 88.6 Å². The maximum atomic E-state index is 10.4. The van der Waals surface area contributed by atoms with Crippen LogP contribution in [-0.4, -0.2) is 15.4 Å². The second-order valence-corrected chi connectivity index (χ2v) is 2.61. The Kier molecular flexibility index (Phi) is 1.48. The van der Waals surface area contributed by atoms with Crippen LogP contribution in [-0.2, 0) is 0 Å². The second-order valence-electron chi connectivity index (χ2n) is 2.61. The molecular weight excluding hydrogens is 174 g/mol. The van der Waals surface area contributed by atoms with E-state index in [0.29, 0.717) is 11.1 Å². The van der Waals surface area contributed by atoms with Crippen LogP contribution in [0.4, 0.5) is 5.69 Å². The maximum Gasteiger partial charge on any atom is 0.181 e. The molecule has 0 aliphatic rings. The van der Waals surface area contributed by atoms with E-state index < -0.39 is 0 Å². The molecule has 13 heavy (non-hydrogen) atoms. The third kappa shape index (κ3) is 0.952.